The predicted octanol–water partition coefficient (Wildman–Crippen LogP) is 3.18. The number of benzene rings is 1. The molecule has 0 aliphatic heterocycles. The second-order valence-corrected chi connectivity index (χ2v) is 7.75. The Kier molecular flexibility index (Phi) is 8.28. The molecule has 150 valence electrons. The zero-order chi connectivity index (χ0) is 20.6. The SMILES string of the molecule is CC(C)c1ccc(CNC(=O)[C@@H](CCC(=O)O)NC(=O)OC(C)(C)C)cc1. The quantitative estimate of drug-likeness (QED) is 0.644. The molecule has 0 saturated carbocycles. The van der Waals surface area contributed by atoms with E-state index in [4.69, 9.17) is 9.84 Å². The molecule has 2 amide bonds. The van der Waals surface area contributed by atoms with Crippen LogP contribution in [0.3, 0.4) is 0 Å². The Morgan fingerprint density at radius 3 is 2.19 bits per heavy atom. The van der Waals surface area contributed by atoms with Crippen molar-refractivity contribution in [1.29, 1.82) is 0 Å². The van der Waals surface area contributed by atoms with Crippen molar-refractivity contribution in [2.45, 2.75) is 71.6 Å². The van der Waals surface area contributed by atoms with Crippen LogP contribution in [0.4, 0.5) is 4.79 Å². The van der Waals surface area contributed by atoms with Crippen LogP contribution < -0.4 is 10.6 Å². The summed E-state index contributed by atoms with van der Waals surface area (Å²) < 4.78 is 5.15. The number of carboxylic acid groups (broad SMARTS) is 1. The van der Waals surface area contributed by atoms with Crippen LogP contribution >= 0.6 is 0 Å². The fraction of sp³-hybridized carbons (Fsp3) is 0.550. The first-order chi connectivity index (χ1) is 12.5. The van der Waals surface area contributed by atoms with Gasteiger partial charge in [0.1, 0.15) is 11.6 Å². The van der Waals surface area contributed by atoms with E-state index in [1.807, 2.05) is 24.3 Å². The summed E-state index contributed by atoms with van der Waals surface area (Å²) in [5, 5.41) is 14.1. The topological polar surface area (TPSA) is 105 Å². The zero-order valence-electron chi connectivity index (χ0n) is 16.7. The summed E-state index contributed by atoms with van der Waals surface area (Å²) in [5.74, 6) is -1.06. The van der Waals surface area contributed by atoms with E-state index in [1.165, 1.54) is 5.56 Å². The molecule has 0 aromatic heterocycles. The van der Waals surface area contributed by atoms with Crippen LogP contribution in [-0.4, -0.2) is 34.7 Å². The van der Waals surface area contributed by atoms with Crippen LogP contribution in [0.15, 0.2) is 24.3 Å². The maximum atomic E-state index is 12.4. The molecule has 1 aromatic rings. The first kappa shape index (κ1) is 22.5. The number of rotatable bonds is 8. The van der Waals surface area contributed by atoms with E-state index in [-0.39, 0.29) is 19.4 Å². The van der Waals surface area contributed by atoms with Gasteiger partial charge in [0.25, 0.3) is 0 Å². The first-order valence-electron chi connectivity index (χ1n) is 9.06. The molecule has 0 radical (unpaired) electrons. The van der Waals surface area contributed by atoms with Crippen molar-refractivity contribution >= 4 is 18.0 Å². The molecule has 0 unspecified atom stereocenters. The van der Waals surface area contributed by atoms with Gasteiger partial charge in [-0.05, 0) is 44.2 Å². The normalized spacial score (nSPS) is 12.4. The molecule has 0 bridgehead atoms. The van der Waals surface area contributed by atoms with Crippen molar-refractivity contribution in [2.75, 3.05) is 0 Å². The monoisotopic (exact) mass is 378 g/mol. The van der Waals surface area contributed by atoms with Gasteiger partial charge in [0.05, 0.1) is 0 Å². The first-order valence-corrected chi connectivity index (χ1v) is 9.06. The van der Waals surface area contributed by atoms with E-state index in [0.717, 1.165) is 5.56 Å². The second kappa shape index (κ2) is 9.94. The van der Waals surface area contributed by atoms with Crippen LogP contribution in [0.1, 0.15) is 64.5 Å². The molecular weight excluding hydrogens is 348 g/mol. The number of hydrogen-bond donors (Lipinski definition) is 3. The number of ether oxygens (including phenoxy) is 1. The Balaban J connectivity index is 2.68. The van der Waals surface area contributed by atoms with Gasteiger partial charge in [-0.3, -0.25) is 9.59 Å². The lowest BCUT2D eigenvalue weighted by molar-refractivity contribution is -0.137. The molecule has 7 heteroatoms. The van der Waals surface area contributed by atoms with E-state index in [1.54, 1.807) is 20.8 Å². The standard InChI is InChI=1S/C20H30N2O5/c1-13(2)15-8-6-14(7-9-15)12-21-18(25)16(10-11-17(23)24)22-19(26)27-20(3,4)5/h6-9,13,16H,10-12H2,1-5H3,(H,21,25)(H,22,26)(H,23,24)/t16-/m1/s1. The summed E-state index contributed by atoms with van der Waals surface area (Å²) in [7, 11) is 0. The number of aliphatic carboxylic acids is 1. The Morgan fingerprint density at radius 1 is 1.11 bits per heavy atom. The van der Waals surface area contributed by atoms with Crippen LogP contribution in [0.5, 0.6) is 0 Å². The van der Waals surface area contributed by atoms with Gasteiger partial charge in [-0.1, -0.05) is 38.1 Å². The van der Waals surface area contributed by atoms with E-state index in [0.29, 0.717) is 5.92 Å². The minimum atomic E-state index is -1.04. The van der Waals surface area contributed by atoms with Gasteiger partial charge in [0, 0.05) is 13.0 Å². The average molecular weight is 378 g/mol. The molecule has 0 heterocycles. The highest BCUT2D eigenvalue weighted by molar-refractivity contribution is 5.86. The largest absolute Gasteiger partial charge is 0.481 e. The van der Waals surface area contributed by atoms with Crippen molar-refractivity contribution in [3.8, 4) is 0 Å². The Labute approximate surface area is 160 Å². The average Bonchev–Trinajstić information content (AvgIpc) is 2.55. The van der Waals surface area contributed by atoms with Gasteiger partial charge < -0.3 is 20.5 Å². The van der Waals surface area contributed by atoms with Crippen LogP contribution in [0, 0.1) is 0 Å². The van der Waals surface area contributed by atoms with Crippen molar-refractivity contribution in [3.05, 3.63) is 35.4 Å². The molecule has 3 N–H and O–H groups in total. The van der Waals surface area contributed by atoms with Crippen molar-refractivity contribution in [2.24, 2.45) is 0 Å². The summed E-state index contributed by atoms with van der Waals surface area (Å²) in [6.45, 7) is 9.62. The third-order valence-electron chi connectivity index (χ3n) is 3.77. The lowest BCUT2D eigenvalue weighted by Crippen LogP contribution is -2.48. The van der Waals surface area contributed by atoms with Crippen LogP contribution in [0.25, 0.3) is 0 Å². The molecule has 27 heavy (non-hydrogen) atoms. The Hall–Kier alpha value is -2.57. The molecule has 1 atom stereocenters. The smallest absolute Gasteiger partial charge is 0.408 e. The zero-order valence-corrected chi connectivity index (χ0v) is 16.7. The molecule has 0 aliphatic rings. The van der Waals surface area contributed by atoms with Crippen molar-refractivity contribution in [3.63, 3.8) is 0 Å². The fourth-order valence-corrected chi connectivity index (χ4v) is 2.32. The van der Waals surface area contributed by atoms with E-state index in [9.17, 15) is 14.4 Å². The maximum absolute atomic E-state index is 12.4. The molecule has 1 rings (SSSR count). The number of carbonyl (C=O) groups excluding carboxylic acids is 2. The molecule has 0 saturated heterocycles. The molecule has 0 spiro atoms. The highest BCUT2D eigenvalue weighted by Gasteiger charge is 2.24. The lowest BCUT2D eigenvalue weighted by Gasteiger charge is -2.23. The molecule has 1 aromatic carbocycles. The Morgan fingerprint density at radius 2 is 1.70 bits per heavy atom. The number of hydrogen-bond acceptors (Lipinski definition) is 4. The second-order valence-electron chi connectivity index (χ2n) is 7.75. The van der Waals surface area contributed by atoms with Crippen molar-refractivity contribution in [1.82, 2.24) is 10.6 Å². The van der Waals surface area contributed by atoms with Gasteiger partial charge in [-0.2, -0.15) is 0 Å². The summed E-state index contributed by atoms with van der Waals surface area (Å²) in [5.41, 5.74) is 1.41. The summed E-state index contributed by atoms with van der Waals surface area (Å²) in [6, 6.07) is 6.90. The number of amides is 2. The maximum Gasteiger partial charge on any atom is 0.408 e. The number of alkyl carbamates (subject to hydrolysis) is 1. The lowest BCUT2D eigenvalue weighted by atomic mass is 10.0. The van der Waals surface area contributed by atoms with Crippen LogP contribution in [0.2, 0.25) is 0 Å². The molecule has 0 aliphatic carbocycles. The predicted molar refractivity (Wildman–Crippen MR) is 102 cm³/mol. The van der Waals surface area contributed by atoms with Crippen molar-refractivity contribution < 1.29 is 24.2 Å². The van der Waals surface area contributed by atoms with Gasteiger partial charge >= 0.3 is 12.1 Å². The van der Waals surface area contributed by atoms with Gasteiger partial charge in [-0.25, -0.2) is 4.79 Å². The Bertz CT molecular complexity index is 647. The van der Waals surface area contributed by atoms with E-state index < -0.39 is 29.6 Å². The summed E-state index contributed by atoms with van der Waals surface area (Å²) in [6.07, 6.45) is -1.02. The molecular formula is C20H30N2O5. The molecule has 7 nitrogen and oxygen atoms in total. The highest BCUT2D eigenvalue weighted by atomic mass is 16.6. The number of carboxylic acids is 1. The third-order valence-corrected chi connectivity index (χ3v) is 3.77. The minimum absolute atomic E-state index is 0.0211. The highest BCUT2D eigenvalue weighted by Crippen LogP contribution is 2.14. The molecule has 0 fully saturated rings. The van der Waals surface area contributed by atoms with Gasteiger partial charge in [0.2, 0.25) is 5.91 Å². The summed E-state index contributed by atoms with van der Waals surface area (Å²) >= 11 is 0. The third kappa shape index (κ3) is 9.08. The summed E-state index contributed by atoms with van der Waals surface area (Å²) in [4.78, 5) is 35.2. The number of carbonyl (C=O) groups is 3. The minimum Gasteiger partial charge on any atom is -0.481 e. The van der Waals surface area contributed by atoms with E-state index >= 15 is 0 Å². The number of nitrogens with one attached hydrogen (secondary N) is 2. The van der Waals surface area contributed by atoms with Gasteiger partial charge in [0.15, 0.2) is 0 Å². The van der Waals surface area contributed by atoms with E-state index in [2.05, 4.69) is 24.5 Å². The van der Waals surface area contributed by atoms with Gasteiger partial charge in [-0.15, -0.1) is 0 Å². The fourth-order valence-electron chi connectivity index (χ4n) is 2.32. The van der Waals surface area contributed by atoms with Crippen LogP contribution in [-0.2, 0) is 20.9 Å².